The molecule has 4 aromatic rings. The van der Waals surface area contributed by atoms with Crippen LogP contribution in [-0.4, -0.2) is 23.0 Å². The fourth-order valence-corrected chi connectivity index (χ4v) is 4.91. The summed E-state index contributed by atoms with van der Waals surface area (Å²) in [6.45, 7) is 0. The first-order chi connectivity index (χ1) is 15.4. The van der Waals surface area contributed by atoms with Gasteiger partial charge in [0.15, 0.2) is 5.82 Å². The lowest BCUT2D eigenvalue weighted by atomic mass is 10.0. The molecule has 2 aromatic heterocycles. The van der Waals surface area contributed by atoms with Crippen LogP contribution >= 0.6 is 15.9 Å². The number of alkyl halides is 3. The highest BCUT2D eigenvalue weighted by molar-refractivity contribution is 9.10. The highest BCUT2D eigenvalue weighted by atomic mass is 79.9. The standard InChI is InChI=1S/C20H14BrF4N5O2S/c1-30-8-12(16-18(26)27-9-28-19(16)30)11-3-2-4-15(17(11)22)29-33(31,32)10-5-6-14(21)13(7-10)20(23,24)25/h2-9,29H,1H3,(H2,26,27,28). The molecule has 3 N–H and O–H groups in total. The van der Waals surface area contributed by atoms with Gasteiger partial charge in [-0.3, -0.25) is 4.72 Å². The Morgan fingerprint density at radius 1 is 1.12 bits per heavy atom. The molecule has 0 aliphatic rings. The Hall–Kier alpha value is -3.19. The van der Waals surface area contributed by atoms with Gasteiger partial charge in [-0.05, 0) is 24.3 Å². The molecular weight excluding hydrogens is 530 g/mol. The Bertz CT molecular complexity index is 1500. The lowest BCUT2D eigenvalue weighted by molar-refractivity contribution is -0.138. The Morgan fingerprint density at radius 3 is 2.55 bits per heavy atom. The molecule has 0 bridgehead atoms. The molecule has 2 aromatic carbocycles. The number of nitrogen functional groups attached to an aromatic ring is 1. The van der Waals surface area contributed by atoms with Gasteiger partial charge in [-0.25, -0.2) is 22.8 Å². The summed E-state index contributed by atoms with van der Waals surface area (Å²) in [6, 6.07) is 6.38. The molecule has 0 saturated heterocycles. The zero-order valence-corrected chi connectivity index (χ0v) is 19.1. The third-order valence-corrected chi connectivity index (χ3v) is 6.92. The molecule has 0 spiro atoms. The smallest absolute Gasteiger partial charge is 0.383 e. The van der Waals surface area contributed by atoms with E-state index in [4.69, 9.17) is 5.73 Å². The highest BCUT2D eigenvalue weighted by Gasteiger charge is 2.34. The first-order valence-electron chi connectivity index (χ1n) is 9.14. The topological polar surface area (TPSA) is 103 Å². The number of rotatable bonds is 4. The maximum atomic E-state index is 15.4. The van der Waals surface area contributed by atoms with Gasteiger partial charge in [0.1, 0.15) is 17.8 Å². The summed E-state index contributed by atoms with van der Waals surface area (Å²) in [7, 11) is -2.87. The molecule has 4 rings (SSSR count). The number of nitrogens with two attached hydrogens (primary N) is 1. The minimum Gasteiger partial charge on any atom is -0.383 e. The molecule has 0 aliphatic carbocycles. The largest absolute Gasteiger partial charge is 0.417 e. The molecule has 33 heavy (non-hydrogen) atoms. The third-order valence-electron chi connectivity index (χ3n) is 4.87. The number of benzene rings is 2. The second-order valence-corrected chi connectivity index (χ2v) is 9.56. The lowest BCUT2D eigenvalue weighted by Gasteiger charge is -2.14. The average Bonchev–Trinajstić information content (AvgIpc) is 3.06. The van der Waals surface area contributed by atoms with Crippen LogP contribution in [0.3, 0.4) is 0 Å². The van der Waals surface area contributed by atoms with Gasteiger partial charge in [-0.15, -0.1) is 0 Å². The van der Waals surface area contributed by atoms with Gasteiger partial charge in [0.2, 0.25) is 0 Å². The van der Waals surface area contributed by atoms with Crippen LogP contribution in [0.1, 0.15) is 5.56 Å². The van der Waals surface area contributed by atoms with Crippen molar-refractivity contribution in [3.8, 4) is 11.1 Å². The quantitative estimate of drug-likeness (QED) is 0.355. The van der Waals surface area contributed by atoms with Gasteiger partial charge in [0, 0.05) is 28.8 Å². The second kappa shape index (κ2) is 7.99. The number of hydrogen-bond donors (Lipinski definition) is 2. The zero-order valence-electron chi connectivity index (χ0n) is 16.7. The van der Waals surface area contributed by atoms with Crippen molar-refractivity contribution in [2.45, 2.75) is 11.1 Å². The fraction of sp³-hybridized carbons (Fsp3) is 0.100. The summed E-state index contributed by atoms with van der Waals surface area (Å²) in [5, 5.41) is 0.377. The molecule has 0 amide bonds. The lowest BCUT2D eigenvalue weighted by Crippen LogP contribution is -2.16. The van der Waals surface area contributed by atoms with Gasteiger partial charge in [0.25, 0.3) is 10.0 Å². The first-order valence-corrected chi connectivity index (χ1v) is 11.4. The summed E-state index contributed by atoms with van der Waals surface area (Å²) in [5.41, 5.74) is 5.09. The summed E-state index contributed by atoms with van der Waals surface area (Å²) in [5.74, 6) is -0.833. The second-order valence-electron chi connectivity index (χ2n) is 7.02. The van der Waals surface area contributed by atoms with Gasteiger partial charge in [-0.1, -0.05) is 28.1 Å². The van der Waals surface area contributed by atoms with E-state index in [-0.39, 0.29) is 15.9 Å². The average molecular weight is 544 g/mol. The van der Waals surface area contributed by atoms with E-state index in [9.17, 15) is 21.6 Å². The predicted molar refractivity (Wildman–Crippen MR) is 118 cm³/mol. The van der Waals surface area contributed by atoms with Crippen LogP contribution in [0.15, 0.2) is 58.3 Å². The van der Waals surface area contributed by atoms with Crippen LogP contribution < -0.4 is 10.5 Å². The molecule has 7 nitrogen and oxygen atoms in total. The molecule has 2 heterocycles. The molecule has 0 unspecified atom stereocenters. The summed E-state index contributed by atoms with van der Waals surface area (Å²) < 4.78 is 83.8. The van der Waals surface area contributed by atoms with Crippen molar-refractivity contribution in [3.05, 3.63) is 64.8 Å². The first kappa shape index (κ1) is 23.0. The van der Waals surface area contributed by atoms with E-state index in [1.54, 1.807) is 17.8 Å². The maximum Gasteiger partial charge on any atom is 0.417 e. The summed E-state index contributed by atoms with van der Waals surface area (Å²) >= 11 is 2.76. The van der Waals surface area contributed by atoms with Gasteiger partial charge >= 0.3 is 6.18 Å². The Balaban J connectivity index is 1.79. The van der Waals surface area contributed by atoms with Crippen LogP contribution in [0.2, 0.25) is 0 Å². The SMILES string of the molecule is Cn1cc(-c2cccc(NS(=O)(=O)c3ccc(Br)c(C(F)(F)F)c3)c2F)c2c(N)ncnc21. The van der Waals surface area contributed by atoms with E-state index < -0.39 is 38.2 Å². The van der Waals surface area contributed by atoms with Crippen molar-refractivity contribution in [1.29, 1.82) is 0 Å². The van der Waals surface area contributed by atoms with Crippen molar-refractivity contribution in [1.82, 2.24) is 14.5 Å². The maximum absolute atomic E-state index is 15.4. The van der Waals surface area contributed by atoms with Crippen molar-refractivity contribution in [2.75, 3.05) is 10.5 Å². The molecule has 13 heteroatoms. The van der Waals surface area contributed by atoms with E-state index in [2.05, 4.69) is 25.9 Å². The number of anilines is 2. The van der Waals surface area contributed by atoms with E-state index in [0.717, 1.165) is 18.2 Å². The Morgan fingerprint density at radius 2 is 1.85 bits per heavy atom. The number of halogens is 5. The molecule has 0 fully saturated rings. The van der Waals surface area contributed by atoms with E-state index >= 15 is 4.39 Å². The van der Waals surface area contributed by atoms with Crippen LogP contribution in [-0.2, 0) is 23.2 Å². The van der Waals surface area contributed by atoms with Crippen molar-refractivity contribution < 1.29 is 26.0 Å². The number of hydrogen-bond acceptors (Lipinski definition) is 5. The number of fused-ring (bicyclic) bond motifs is 1. The van der Waals surface area contributed by atoms with E-state index in [1.807, 2.05) is 4.72 Å². The normalized spacial score (nSPS) is 12.3. The van der Waals surface area contributed by atoms with Gasteiger partial charge in [-0.2, -0.15) is 13.2 Å². The van der Waals surface area contributed by atoms with Gasteiger partial charge < -0.3 is 10.3 Å². The van der Waals surface area contributed by atoms with Crippen molar-refractivity contribution in [3.63, 3.8) is 0 Å². The van der Waals surface area contributed by atoms with Crippen molar-refractivity contribution >= 4 is 48.5 Å². The van der Waals surface area contributed by atoms with Crippen molar-refractivity contribution in [2.24, 2.45) is 7.05 Å². The molecule has 0 aliphatic heterocycles. The monoisotopic (exact) mass is 543 g/mol. The summed E-state index contributed by atoms with van der Waals surface area (Å²) in [4.78, 5) is 7.36. The van der Waals surface area contributed by atoms with Crippen LogP contribution in [0.5, 0.6) is 0 Å². The van der Waals surface area contributed by atoms with E-state index in [0.29, 0.717) is 22.7 Å². The number of sulfonamides is 1. The number of nitrogens with one attached hydrogen (secondary N) is 1. The zero-order chi connectivity index (χ0) is 24.1. The minimum absolute atomic E-state index is 0.00841. The van der Waals surface area contributed by atoms with Crippen LogP contribution in [0.25, 0.3) is 22.2 Å². The molecule has 0 saturated carbocycles. The predicted octanol–water partition coefficient (Wildman–Crippen LogP) is 4.94. The van der Waals surface area contributed by atoms with E-state index in [1.165, 1.54) is 18.5 Å². The Labute approximate surface area is 193 Å². The number of nitrogens with zero attached hydrogens (tertiary/aromatic N) is 3. The minimum atomic E-state index is -4.79. The summed E-state index contributed by atoms with van der Waals surface area (Å²) in [6.07, 6.45) is -1.96. The van der Waals surface area contributed by atoms with Gasteiger partial charge in [0.05, 0.1) is 21.5 Å². The third kappa shape index (κ3) is 4.13. The number of aryl methyl sites for hydroxylation is 1. The molecular formula is C20H14BrF4N5O2S. The number of aromatic nitrogens is 3. The fourth-order valence-electron chi connectivity index (χ4n) is 3.35. The molecule has 0 atom stereocenters. The van der Waals surface area contributed by atoms with Crippen LogP contribution in [0.4, 0.5) is 29.1 Å². The molecule has 0 radical (unpaired) electrons. The Kier molecular flexibility index (Phi) is 5.56. The highest BCUT2D eigenvalue weighted by Crippen LogP contribution is 2.38. The molecule has 172 valence electrons. The van der Waals surface area contributed by atoms with Crippen LogP contribution in [0, 0.1) is 5.82 Å².